The van der Waals surface area contributed by atoms with E-state index >= 15 is 0 Å². The summed E-state index contributed by atoms with van der Waals surface area (Å²) in [6.45, 7) is 0.366. The molecule has 0 radical (unpaired) electrons. The summed E-state index contributed by atoms with van der Waals surface area (Å²) in [5.41, 5.74) is 6.41. The Morgan fingerprint density at radius 2 is 2.21 bits per heavy atom. The first kappa shape index (κ1) is 11.8. The summed E-state index contributed by atoms with van der Waals surface area (Å²) >= 11 is 3.33. The molecule has 2 unspecified atom stereocenters. The highest BCUT2D eigenvalue weighted by Gasteiger charge is 2.26. The SMILES string of the molecule is Cl.NC1COc2cc(Br)ccc2C1O. The molecular formula is C9H11BrClNO2. The van der Waals surface area contributed by atoms with Crippen molar-refractivity contribution in [2.24, 2.45) is 5.73 Å². The highest BCUT2D eigenvalue weighted by Crippen LogP contribution is 2.33. The quantitative estimate of drug-likeness (QED) is 0.759. The van der Waals surface area contributed by atoms with Crippen LogP contribution in [0.15, 0.2) is 22.7 Å². The molecule has 1 heterocycles. The minimum Gasteiger partial charge on any atom is -0.491 e. The van der Waals surface area contributed by atoms with E-state index in [0.717, 1.165) is 10.0 Å². The summed E-state index contributed by atoms with van der Waals surface area (Å²) in [6, 6.07) is 5.20. The van der Waals surface area contributed by atoms with Crippen LogP contribution < -0.4 is 10.5 Å². The molecular weight excluding hydrogens is 269 g/mol. The van der Waals surface area contributed by atoms with Crippen LogP contribution in [0.25, 0.3) is 0 Å². The van der Waals surface area contributed by atoms with Gasteiger partial charge in [-0.2, -0.15) is 0 Å². The molecule has 1 aliphatic heterocycles. The first-order valence-electron chi connectivity index (χ1n) is 4.04. The topological polar surface area (TPSA) is 55.5 Å². The molecule has 1 aliphatic rings. The molecule has 1 aromatic carbocycles. The maximum atomic E-state index is 9.70. The zero-order chi connectivity index (χ0) is 9.42. The van der Waals surface area contributed by atoms with Crippen LogP contribution in [0.5, 0.6) is 5.75 Å². The van der Waals surface area contributed by atoms with Gasteiger partial charge in [0, 0.05) is 10.0 Å². The molecule has 0 bridgehead atoms. The van der Waals surface area contributed by atoms with Gasteiger partial charge in [-0.3, -0.25) is 0 Å². The third kappa shape index (κ3) is 2.03. The van der Waals surface area contributed by atoms with Crippen LogP contribution in [0.4, 0.5) is 0 Å². The van der Waals surface area contributed by atoms with Gasteiger partial charge in [-0.15, -0.1) is 12.4 Å². The van der Waals surface area contributed by atoms with Crippen LogP contribution in [0.3, 0.4) is 0 Å². The van der Waals surface area contributed by atoms with Gasteiger partial charge in [0.05, 0.1) is 6.04 Å². The molecule has 0 spiro atoms. The summed E-state index contributed by atoms with van der Waals surface area (Å²) in [6.07, 6.45) is -0.614. The van der Waals surface area contributed by atoms with E-state index in [1.54, 1.807) is 0 Å². The van der Waals surface area contributed by atoms with Crippen LogP contribution in [0.2, 0.25) is 0 Å². The largest absolute Gasteiger partial charge is 0.491 e. The molecule has 1 aromatic rings. The smallest absolute Gasteiger partial charge is 0.126 e. The van der Waals surface area contributed by atoms with Crippen LogP contribution in [-0.2, 0) is 0 Å². The second-order valence-corrected chi connectivity index (χ2v) is 4.02. The maximum absolute atomic E-state index is 9.70. The van der Waals surface area contributed by atoms with Crippen LogP contribution >= 0.6 is 28.3 Å². The van der Waals surface area contributed by atoms with E-state index in [1.807, 2.05) is 18.2 Å². The van der Waals surface area contributed by atoms with Gasteiger partial charge < -0.3 is 15.6 Å². The van der Waals surface area contributed by atoms with Crippen molar-refractivity contribution in [3.8, 4) is 5.75 Å². The first-order valence-corrected chi connectivity index (χ1v) is 4.83. The number of rotatable bonds is 0. The maximum Gasteiger partial charge on any atom is 0.126 e. The molecule has 2 atom stereocenters. The fourth-order valence-electron chi connectivity index (χ4n) is 1.39. The predicted molar refractivity (Wildman–Crippen MR) is 59.8 cm³/mol. The van der Waals surface area contributed by atoms with E-state index in [1.165, 1.54) is 0 Å². The Morgan fingerprint density at radius 3 is 2.93 bits per heavy atom. The van der Waals surface area contributed by atoms with Gasteiger partial charge in [0.2, 0.25) is 0 Å². The molecule has 0 saturated carbocycles. The van der Waals surface area contributed by atoms with Gasteiger partial charge in [0.15, 0.2) is 0 Å². The van der Waals surface area contributed by atoms with Crippen LogP contribution in [-0.4, -0.2) is 17.8 Å². The number of aliphatic hydroxyl groups is 1. The van der Waals surface area contributed by atoms with Gasteiger partial charge in [0.1, 0.15) is 18.5 Å². The number of hydrogen-bond donors (Lipinski definition) is 2. The minimum absolute atomic E-state index is 0. The average Bonchev–Trinajstić information content (AvgIpc) is 2.12. The van der Waals surface area contributed by atoms with Crippen molar-refractivity contribution in [3.63, 3.8) is 0 Å². The minimum atomic E-state index is -0.614. The first-order chi connectivity index (χ1) is 6.18. The van der Waals surface area contributed by atoms with Gasteiger partial charge in [-0.1, -0.05) is 22.0 Å². The van der Waals surface area contributed by atoms with Gasteiger partial charge in [0.25, 0.3) is 0 Å². The Balaban J connectivity index is 0.000000980. The van der Waals surface area contributed by atoms with Gasteiger partial charge in [-0.25, -0.2) is 0 Å². The van der Waals surface area contributed by atoms with E-state index in [9.17, 15) is 5.11 Å². The number of hydrogen-bond acceptors (Lipinski definition) is 3. The number of ether oxygens (including phenoxy) is 1. The Bertz CT molecular complexity index is 335. The lowest BCUT2D eigenvalue weighted by molar-refractivity contribution is 0.0915. The molecule has 5 heteroatoms. The average molecular weight is 281 g/mol. The number of aliphatic hydroxyl groups excluding tert-OH is 1. The highest BCUT2D eigenvalue weighted by molar-refractivity contribution is 9.10. The Labute approximate surface area is 96.8 Å². The van der Waals surface area contributed by atoms with E-state index in [-0.39, 0.29) is 18.4 Å². The second kappa shape index (κ2) is 4.49. The van der Waals surface area contributed by atoms with E-state index in [2.05, 4.69) is 15.9 Å². The lowest BCUT2D eigenvalue weighted by Gasteiger charge is -2.27. The van der Waals surface area contributed by atoms with Crippen molar-refractivity contribution in [2.75, 3.05) is 6.61 Å². The number of fused-ring (bicyclic) bond motifs is 1. The van der Waals surface area contributed by atoms with Crippen molar-refractivity contribution >= 4 is 28.3 Å². The molecule has 0 saturated heterocycles. The van der Waals surface area contributed by atoms with Gasteiger partial charge >= 0.3 is 0 Å². The van der Waals surface area contributed by atoms with Crippen LogP contribution in [0, 0.1) is 0 Å². The third-order valence-corrected chi connectivity index (χ3v) is 2.62. The summed E-state index contributed by atoms with van der Waals surface area (Å²) < 4.78 is 6.31. The summed E-state index contributed by atoms with van der Waals surface area (Å²) in [7, 11) is 0. The number of halogens is 2. The lowest BCUT2D eigenvalue weighted by atomic mass is 10.0. The zero-order valence-electron chi connectivity index (χ0n) is 7.31. The van der Waals surface area contributed by atoms with E-state index in [0.29, 0.717) is 12.4 Å². The van der Waals surface area contributed by atoms with Crippen molar-refractivity contribution in [2.45, 2.75) is 12.1 Å². The standard InChI is InChI=1S/C9H10BrNO2.ClH/c10-5-1-2-6-8(3-5)13-4-7(11)9(6)12;/h1-3,7,9,12H,4,11H2;1H. The summed E-state index contributed by atoms with van der Waals surface area (Å²) in [4.78, 5) is 0. The zero-order valence-corrected chi connectivity index (χ0v) is 9.72. The molecule has 0 fully saturated rings. The third-order valence-electron chi connectivity index (χ3n) is 2.13. The Morgan fingerprint density at radius 1 is 1.50 bits per heavy atom. The van der Waals surface area contributed by atoms with E-state index < -0.39 is 6.10 Å². The normalized spacial score (nSPS) is 24.5. The number of benzene rings is 1. The molecule has 78 valence electrons. The molecule has 3 N–H and O–H groups in total. The monoisotopic (exact) mass is 279 g/mol. The van der Waals surface area contributed by atoms with Crippen LogP contribution in [0.1, 0.15) is 11.7 Å². The number of nitrogens with two attached hydrogens (primary N) is 1. The fraction of sp³-hybridized carbons (Fsp3) is 0.333. The highest BCUT2D eigenvalue weighted by atomic mass is 79.9. The fourth-order valence-corrected chi connectivity index (χ4v) is 1.73. The second-order valence-electron chi connectivity index (χ2n) is 3.10. The van der Waals surface area contributed by atoms with Gasteiger partial charge in [-0.05, 0) is 12.1 Å². The van der Waals surface area contributed by atoms with Crippen molar-refractivity contribution < 1.29 is 9.84 Å². The molecule has 3 nitrogen and oxygen atoms in total. The molecule has 0 aromatic heterocycles. The van der Waals surface area contributed by atoms with Crippen molar-refractivity contribution in [1.29, 1.82) is 0 Å². The lowest BCUT2D eigenvalue weighted by Crippen LogP contribution is -2.38. The molecule has 0 aliphatic carbocycles. The molecule has 2 rings (SSSR count). The summed E-state index contributed by atoms with van der Waals surface area (Å²) in [5.74, 6) is 0.712. The summed E-state index contributed by atoms with van der Waals surface area (Å²) in [5, 5.41) is 9.70. The molecule has 0 amide bonds. The predicted octanol–water partition coefficient (Wildman–Crippen LogP) is 1.62. The Hall–Kier alpha value is -0.290. The van der Waals surface area contributed by atoms with Crippen molar-refractivity contribution in [3.05, 3.63) is 28.2 Å². The molecule has 14 heavy (non-hydrogen) atoms. The van der Waals surface area contributed by atoms with Crippen molar-refractivity contribution in [1.82, 2.24) is 0 Å². The Kier molecular flexibility index (Phi) is 3.78. The van der Waals surface area contributed by atoms with E-state index in [4.69, 9.17) is 10.5 Å².